The number of rotatable bonds is 2. The van der Waals surface area contributed by atoms with Crippen molar-refractivity contribution in [2.24, 2.45) is 17.3 Å². The predicted octanol–water partition coefficient (Wildman–Crippen LogP) is 4.85. The molecule has 0 bridgehead atoms. The zero-order chi connectivity index (χ0) is 23.7. The fourth-order valence-electron chi connectivity index (χ4n) is 8.09. The summed E-state index contributed by atoms with van der Waals surface area (Å²) in [4.78, 5) is 14.4. The summed E-state index contributed by atoms with van der Waals surface area (Å²) in [6.07, 6.45) is 7.56. The number of hydrogen-bond donors (Lipinski definition) is 2. The highest BCUT2D eigenvalue weighted by Crippen LogP contribution is 2.60. The number of carbonyl (C=O) groups is 1. The highest BCUT2D eigenvalue weighted by Gasteiger charge is 2.50. The number of aliphatic hydroxyl groups is 2. The van der Waals surface area contributed by atoms with E-state index < -0.39 is 6.10 Å². The Balaban J connectivity index is 1.47. The summed E-state index contributed by atoms with van der Waals surface area (Å²) >= 11 is 0. The summed E-state index contributed by atoms with van der Waals surface area (Å²) in [6, 6.07) is 4.48. The van der Waals surface area contributed by atoms with Crippen molar-refractivity contribution in [1.82, 2.24) is 4.90 Å². The number of allylic oxidation sites excluding steroid dienone is 1. The number of aliphatic hydroxyl groups excluding tert-OH is 2. The average Bonchev–Trinajstić information content (AvgIpc) is 3.14. The molecule has 4 nitrogen and oxygen atoms in total. The molecule has 2 fully saturated rings. The van der Waals surface area contributed by atoms with Gasteiger partial charge in [0.25, 0.3) is 0 Å². The Hall–Kier alpha value is -1.65. The Kier molecular flexibility index (Phi) is 5.77. The maximum atomic E-state index is 12.5. The Morgan fingerprint density at radius 3 is 2.73 bits per heavy atom. The SMILES string of the molecule is CC(=O)N1CC(C)CC(O)C1C(C)c1ccc2c(c1C)CC1C2CC=C2CC(O)CCC21C. The van der Waals surface area contributed by atoms with Gasteiger partial charge >= 0.3 is 0 Å². The predicted molar refractivity (Wildman–Crippen MR) is 131 cm³/mol. The van der Waals surface area contributed by atoms with E-state index >= 15 is 0 Å². The van der Waals surface area contributed by atoms with Gasteiger partial charge in [-0.1, -0.05) is 44.6 Å². The molecule has 3 aliphatic carbocycles. The molecule has 1 heterocycles. The summed E-state index contributed by atoms with van der Waals surface area (Å²) in [5.74, 6) is 1.67. The minimum Gasteiger partial charge on any atom is -0.393 e. The van der Waals surface area contributed by atoms with E-state index in [0.29, 0.717) is 17.8 Å². The number of carbonyl (C=O) groups excluding carboxylic acids is 1. The largest absolute Gasteiger partial charge is 0.393 e. The Morgan fingerprint density at radius 1 is 1.24 bits per heavy atom. The van der Waals surface area contributed by atoms with Crippen molar-refractivity contribution >= 4 is 5.91 Å². The van der Waals surface area contributed by atoms with Crippen LogP contribution in [-0.4, -0.2) is 45.8 Å². The fourth-order valence-corrected chi connectivity index (χ4v) is 8.09. The van der Waals surface area contributed by atoms with Gasteiger partial charge < -0.3 is 15.1 Å². The highest BCUT2D eigenvalue weighted by atomic mass is 16.3. The maximum Gasteiger partial charge on any atom is 0.219 e. The molecule has 0 radical (unpaired) electrons. The molecular formula is C29H41NO3. The van der Waals surface area contributed by atoms with Crippen LogP contribution >= 0.6 is 0 Å². The number of amides is 1. The van der Waals surface area contributed by atoms with Crippen LogP contribution < -0.4 is 0 Å². The molecule has 1 aromatic rings. The third kappa shape index (κ3) is 3.60. The first kappa shape index (κ1) is 23.1. The normalized spacial score (nSPS) is 38.8. The summed E-state index contributed by atoms with van der Waals surface area (Å²) in [6.45, 7) is 11.4. The van der Waals surface area contributed by atoms with Crippen molar-refractivity contribution in [3.8, 4) is 0 Å². The highest BCUT2D eigenvalue weighted by molar-refractivity contribution is 5.74. The quantitative estimate of drug-likeness (QED) is 0.632. The van der Waals surface area contributed by atoms with Gasteiger partial charge in [0.2, 0.25) is 5.91 Å². The third-order valence-electron chi connectivity index (χ3n) is 9.92. The smallest absolute Gasteiger partial charge is 0.219 e. The van der Waals surface area contributed by atoms with E-state index in [1.807, 2.05) is 4.90 Å². The number of likely N-dealkylation sites (tertiary alicyclic amines) is 1. The molecule has 8 unspecified atom stereocenters. The van der Waals surface area contributed by atoms with Gasteiger partial charge in [-0.15, -0.1) is 0 Å². The van der Waals surface area contributed by atoms with Crippen LogP contribution in [0.1, 0.15) is 93.9 Å². The molecule has 1 saturated heterocycles. The van der Waals surface area contributed by atoms with Crippen LogP contribution in [0.25, 0.3) is 0 Å². The Morgan fingerprint density at radius 2 is 2.00 bits per heavy atom. The standard InChI is InChI=1S/C29H41NO3/c1-16-12-27(33)28(30(15-16)19(4)31)18(3)22-8-9-23-24-7-6-20-13-21(32)10-11-29(20,5)26(24)14-25(23)17(22)2/h6,8-9,16,18,21,24,26-28,32-33H,7,10-15H2,1-5H3. The van der Waals surface area contributed by atoms with Crippen LogP contribution in [0.4, 0.5) is 0 Å². The first-order chi connectivity index (χ1) is 15.6. The molecule has 0 aromatic heterocycles. The van der Waals surface area contributed by atoms with Gasteiger partial charge in [0.05, 0.1) is 18.2 Å². The van der Waals surface area contributed by atoms with Crippen LogP contribution in [0.2, 0.25) is 0 Å². The monoisotopic (exact) mass is 451 g/mol. The van der Waals surface area contributed by atoms with Crippen molar-refractivity contribution in [1.29, 1.82) is 0 Å². The molecular weight excluding hydrogens is 410 g/mol. The molecule has 4 aliphatic rings. The second-order valence-electron chi connectivity index (χ2n) is 11.9. The van der Waals surface area contributed by atoms with Gasteiger partial charge in [0.15, 0.2) is 0 Å². The van der Waals surface area contributed by atoms with Crippen LogP contribution in [0.5, 0.6) is 0 Å². The van der Waals surface area contributed by atoms with Crippen molar-refractivity contribution < 1.29 is 15.0 Å². The van der Waals surface area contributed by atoms with Gasteiger partial charge in [-0.05, 0) is 90.9 Å². The summed E-state index contributed by atoms with van der Waals surface area (Å²) < 4.78 is 0. The van der Waals surface area contributed by atoms with Crippen LogP contribution in [0.3, 0.4) is 0 Å². The lowest BCUT2D eigenvalue weighted by Gasteiger charge is -2.48. The summed E-state index contributed by atoms with van der Waals surface area (Å²) in [7, 11) is 0. The fraction of sp³-hybridized carbons (Fsp3) is 0.690. The Bertz CT molecular complexity index is 983. The third-order valence-corrected chi connectivity index (χ3v) is 9.92. The van der Waals surface area contributed by atoms with E-state index in [1.165, 1.54) is 27.8 Å². The average molecular weight is 452 g/mol. The second-order valence-corrected chi connectivity index (χ2v) is 11.9. The van der Waals surface area contributed by atoms with Gasteiger partial charge in [0.1, 0.15) is 0 Å². The number of nitrogens with zero attached hydrogens (tertiary/aromatic N) is 1. The lowest BCUT2D eigenvalue weighted by molar-refractivity contribution is -0.139. The lowest BCUT2D eigenvalue weighted by Crippen LogP contribution is -2.55. The van der Waals surface area contributed by atoms with Crippen molar-refractivity contribution in [2.75, 3.05) is 6.54 Å². The molecule has 0 spiro atoms. The molecule has 5 rings (SSSR count). The van der Waals surface area contributed by atoms with Crippen molar-refractivity contribution in [3.63, 3.8) is 0 Å². The maximum absolute atomic E-state index is 12.5. The van der Waals surface area contributed by atoms with Crippen LogP contribution in [0, 0.1) is 24.2 Å². The topological polar surface area (TPSA) is 60.8 Å². The number of piperidine rings is 1. The summed E-state index contributed by atoms with van der Waals surface area (Å²) in [5.41, 5.74) is 7.35. The molecule has 2 N–H and O–H groups in total. The Labute approximate surface area is 199 Å². The molecule has 1 amide bonds. The molecule has 33 heavy (non-hydrogen) atoms. The minimum absolute atomic E-state index is 0.0632. The molecule has 1 saturated carbocycles. The zero-order valence-electron chi connectivity index (χ0n) is 21.0. The molecule has 1 aliphatic heterocycles. The number of hydrogen-bond acceptors (Lipinski definition) is 3. The van der Waals surface area contributed by atoms with E-state index in [9.17, 15) is 15.0 Å². The lowest BCUT2D eigenvalue weighted by atomic mass is 9.57. The van der Waals surface area contributed by atoms with Gasteiger partial charge in [-0.25, -0.2) is 0 Å². The molecule has 180 valence electrons. The second kappa shape index (κ2) is 8.23. The van der Waals surface area contributed by atoms with E-state index in [1.54, 1.807) is 6.92 Å². The van der Waals surface area contributed by atoms with E-state index in [0.717, 1.165) is 45.1 Å². The molecule has 8 atom stereocenters. The number of benzene rings is 1. The minimum atomic E-state index is -0.484. The van der Waals surface area contributed by atoms with Crippen LogP contribution in [0.15, 0.2) is 23.8 Å². The first-order valence-corrected chi connectivity index (χ1v) is 13.1. The van der Waals surface area contributed by atoms with E-state index in [-0.39, 0.29) is 29.4 Å². The van der Waals surface area contributed by atoms with Crippen LogP contribution in [-0.2, 0) is 11.2 Å². The van der Waals surface area contributed by atoms with E-state index in [2.05, 4.69) is 45.9 Å². The number of fused-ring (bicyclic) bond motifs is 5. The van der Waals surface area contributed by atoms with Gasteiger partial charge in [-0.3, -0.25) is 4.79 Å². The molecule has 4 heteroatoms. The van der Waals surface area contributed by atoms with Gasteiger partial charge in [0, 0.05) is 19.4 Å². The van der Waals surface area contributed by atoms with Crippen molar-refractivity contribution in [2.45, 2.75) is 103 Å². The zero-order valence-corrected chi connectivity index (χ0v) is 21.0. The van der Waals surface area contributed by atoms with Gasteiger partial charge in [-0.2, -0.15) is 0 Å². The van der Waals surface area contributed by atoms with E-state index in [4.69, 9.17) is 0 Å². The van der Waals surface area contributed by atoms with Crippen molar-refractivity contribution in [3.05, 3.63) is 46.0 Å². The molecule has 1 aromatic carbocycles. The first-order valence-electron chi connectivity index (χ1n) is 13.1. The summed E-state index contributed by atoms with van der Waals surface area (Å²) in [5, 5.41) is 21.3.